The Morgan fingerprint density at radius 3 is 1.26 bits per heavy atom. The standard InChI is InChI=1S/C76H40N2O2/c1-4-14-44-37-66-57(28-41(44)11-1)62-33-51(48-25-26-71-61(32-48)55-17-7-8-21-70(55)79-71)34-63-60-31-47-23-24-49(27-50(47)40-69(60)78(66)74(62)63)53-18-10-22-72-73(53)56-20-9-19-54(76(56)80-72)52-35-64-58-29-42-12-2-5-15-45(42)38-67(58)77-68-39-46-16-6-3-13-43(46)30-59(68)65(36-52)75(64)77/h1-40H. The van der Waals surface area contributed by atoms with Crippen molar-refractivity contribution in [3.05, 3.63) is 243 Å². The second-order valence-electron chi connectivity index (χ2n) is 22.4. The number of benzene rings is 14. The number of fused-ring (bicyclic) bond motifs is 22. The average Bonchev–Trinajstić information content (AvgIpc) is 3.34. The summed E-state index contributed by atoms with van der Waals surface area (Å²) in [5.41, 5.74) is 17.9. The minimum atomic E-state index is 0.879. The molecular weight excluding hydrogens is 973 g/mol. The monoisotopic (exact) mass is 1010 g/mol. The number of hydrogen-bond donors (Lipinski definition) is 0. The summed E-state index contributed by atoms with van der Waals surface area (Å²) in [6.07, 6.45) is 0. The number of aromatic nitrogens is 2. The molecule has 0 N–H and O–H groups in total. The summed E-state index contributed by atoms with van der Waals surface area (Å²) in [5, 5.41) is 24.4. The average molecular weight is 1010 g/mol. The van der Waals surface area contributed by atoms with Gasteiger partial charge in [-0.05, 0) is 174 Å². The maximum atomic E-state index is 7.10. The Kier molecular flexibility index (Phi) is 7.60. The van der Waals surface area contributed by atoms with Gasteiger partial charge in [0.05, 0.1) is 33.1 Å². The third-order valence-corrected chi connectivity index (χ3v) is 18.2. The molecule has 4 heteroatoms. The topological polar surface area (TPSA) is 35.1 Å². The molecule has 0 unspecified atom stereocenters. The lowest BCUT2D eigenvalue weighted by molar-refractivity contribution is 0.669. The fraction of sp³-hybridized carbons (Fsp3) is 0. The van der Waals surface area contributed by atoms with Crippen LogP contribution in [0.1, 0.15) is 0 Å². The first kappa shape index (κ1) is 41.5. The molecule has 0 amide bonds. The number of nitrogens with zero attached hydrogens (tertiary/aromatic N) is 2. The molecule has 0 atom stereocenters. The molecule has 6 aromatic heterocycles. The Labute approximate surface area is 454 Å². The van der Waals surface area contributed by atoms with Crippen LogP contribution >= 0.6 is 0 Å². The van der Waals surface area contributed by atoms with Crippen molar-refractivity contribution >= 4 is 163 Å². The highest BCUT2D eigenvalue weighted by Gasteiger charge is 2.25. The summed E-state index contributed by atoms with van der Waals surface area (Å²) in [4.78, 5) is 0. The summed E-state index contributed by atoms with van der Waals surface area (Å²) >= 11 is 0. The molecule has 80 heavy (non-hydrogen) atoms. The Morgan fingerprint density at radius 1 is 0.225 bits per heavy atom. The normalized spacial score (nSPS) is 12.8. The predicted octanol–water partition coefficient (Wildman–Crippen LogP) is 21.4. The van der Waals surface area contributed by atoms with Crippen molar-refractivity contribution in [2.24, 2.45) is 0 Å². The highest BCUT2D eigenvalue weighted by Crippen LogP contribution is 2.49. The van der Waals surface area contributed by atoms with Gasteiger partial charge in [0.25, 0.3) is 0 Å². The van der Waals surface area contributed by atoms with Crippen molar-refractivity contribution in [1.29, 1.82) is 0 Å². The molecule has 0 radical (unpaired) electrons. The molecule has 0 saturated heterocycles. The molecule has 14 aromatic carbocycles. The zero-order chi connectivity index (χ0) is 51.6. The van der Waals surface area contributed by atoms with Gasteiger partial charge >= 0.3 is 0 Å². The van der Waals surface area contributed by atoms with Gasteiger partial charge in [-0.2, -0.15) is 0 Å². The van der Waals surface area contributed by atoms with E-state index in [0.717, 1.165) is 66.1 Å². The molecule has 0 aliphatic carbocycles. The van der Waals surface area contributed by atoms with Crippen LogP contribution in [-0.2, 0) is 0 Å². The molecule has 20 aromatic rings. The van der Waals surface area contributed by atoms with Gasteiger partial charge in [-0.15, -0.1) is 0 Å². The van der Waals surface area contributed by atoms with Crippen molar-refractivity contribution in [2.75, 3.05) is 0 Å². The van der Waals surface area contributed by atoms with E-state index in [2.05, 4.69) is 245 Å². The predicted molar refractivity (Wildman–Crippen MR) is 337 cm³/mol. The van der Waals surface area contributed by atoms with E-state index in [4.69, 9.17) is 8.83 Å². The second kappa shape index (κ2) is 14.7. The molecule has 0 bridgehead atoms. The van der Waals surface area contributed by atoms with E-state index in [0.29, 0.717) is 0 Å². The lowest BCUT2D eigenvalue weighted by Gasteiger charge is -2.08. The zero-order valence-corrected chi connectivity index (χ0v) is 42.8. The van der Waals surface area contributed by atoms with E-state index in [1.54, 1.807) is 0 Å². The summed E-state index contributed by atoms with van der Waals surface area (Å²) in [7, 11) is 0. The van der Waals surface area contributed by atoms with Gasteiger partial charge in [0.1, 0.15) is 22.3 Å². The summed E-state index contributed by atoms with van der Waals surface area (Å²) in [6, 6.07) is 90.3. The Hall–Kier alpha value is -10.7. The largest absolute Gasteiger partial charge is 0.456 e. The number of furan rings is 2. The molecule has 20 rings (SSSR count). The number of hydrogen-bond acceptors (Lipinski definition) is 2. The van der Waals surface area contributed by atoms with Gasteiger partial charge in [-0.1, -0.05) is 140 Å². The first-order chi connectivity index (χ1) is 39.6. The third-order valence-electron chi connectivity index (χ3n) is 18.2. The van der Waals surface area contributed by atoms with Crippen LogP contribution in [0.25, 0.3) is 197 Å². The van der Waals surface area contributed by atoms with E-state index in [9.17, 15) is 0 Å². The Balaban J connectivity index is 0.786. The molecular formula is C76H40N2O2. The van der Waals surface area contributed by atoms with Gasteiger partial charge < -0.3 is 17.6 Å². The van der Waals surface area contributed by atoms with Crippen molar-refractivity contribution in [1.82, 2.24) is 8.80 Å². The van der Waals surface area contributed by atoms with Crippen molar-refractivity contribution < 1.29 is 8.83 Å². The van der Waals surface area contributed by atoms with Crippen LogP contribution in [0.15, 0.2) is 251 Å². The van der Waals surface area contributed by atoms with Crippen LogP contribution < -0.4 is 0 Å². The SMILES string of the molecule is c1ccc2cc3c(cc2c1)c1cc(-c2ccc4oc5ccccc5c4c2)cc2c4cc5ccc(-c6cccc7oc8c(-c9cc%10c%11cc%12ccccc%12cc%11n%11c%12cc%13ccccc%13cc%12c(c9)c%10%11)cccc8c67)cc5cc4n3c12. The first-order valence-electron chi connectivity index (χ1n) is 27.6. The fourth-order valence-corrected chi connectivity index (χ4v) is 14.6. The number of rotatable bonds is 3. The Morgan fingerprint density at radius 2 is 0.662 bits per heavy atom. The van der Waals surface area contributed by atoms with Gasteiger partial charge in [0.15, 0.2) is 0 Å². The minimum absolute atomic E-state index is 0.879. The zero-order valence-electron chi connectivity index (χ0n) is 42.8. The van der Waals surface area contributed by atoms with E-state index >= 15 is 0 Å². The van der Waals surface area contributed by atoms with Crippen molar-refractivity contribution in [3.63, 3.8) is 0 Å². The van der Waals surface area contributed by atoms with Crippen LogP contribution in [0.4, 0.5) is 0 Å². The van der Waals surface area contributed by atoms with Gasteiger partial charge in [0, 0.05) is 70.2 Å². The fourth-order valence-electron chi connectivity index (χ4n) is 14.6. The van der Waals surface area contributed by atoms with Gasteiger partial charge in [-0.25, -0.2) is 0 Å². The van der Waals surface area contributed by atoms with E-state index in [1.807, 2.05) is 6.07 Å². The van der Waals surface area contributed by atoms with E-state index < -0.39 is 0 Å². The second-order valence-corrected chi connectivity index (χ2v) is 22.4. The maximum absolute atomic E-state index is 7.10. The molecule has 0 aliphatic heterocycles. The molecule has 0 fully saturated rings. The lowest BCUT2D eigenvalue weighted by Crippen LogP contribution is -1.84. The minimum Gasteiger partial charge on any atom is -0.456 e. The lowest BCUT2D eigenvalue weighted by atomic mass is 9.94. The van der Waals surface area contributed by atoms with Crippen molar-refractivity contribution in [3.8, 4) is 33.4 Å². The molecule has 0 spiro atoms. The first-order valence-corrected chi connectivity index (χ1v) is 27.6. The van der Waals surface area contributed by atoms with Crippen molar-refractivity contribution in [2.45, 2.75) is 0 Å². The van der Waals surface area contributed by atoms with Crippen LogP contribution in [0.3, 0.4) is 0 Å². The molecule has 6 heterocycles. The quantitative estimate of drug-likeness (QED) is 0.177. The summed E-state index contributed by atoms with van der Waals surface area (Å²) in [5.74, 6) is 0. The van der Waals surface area contributed by atoms with Crippen LogP contribution in [-0.4, -0.2) is 8.80 Å². The maximum Gasteiger partial charge on any atom is 0.143 e. The highest BCUT2D eigenvalue weighted by atomic mass is 16.3. The summed E-state index contributed by atoms with van der Waals surface area (Å²) in [6.45, 7) is 0. The van der Waals surface area contributed by atoms with E-state index in [-0.39, 0.29) is 0 Å². The van der Waals surface area contributed by atoms with Gasteiger partial charge in [-0.3, -0.25) is 0 Å². The van der Waals surface area contributed by atoms with Gasteiger partial charge in [0.2, 0.25) is 0 Å². The molecule has 4 nitrogen and oxygen atoms in total. The number of para-hydroxylation sites is 2. The molecule has 366 valence electrons. The molecule has 0 saturated carbocycles. The third kappa shape index (κ3) is 5.35. The summed E-state index contributed by atoms with van der Waals surface area (Å²) < 4.78 is 18.4. The Bertz CT molecular complexity index is 6040. The van der Waals surface area contributed by atoms with Crippen LogP contribution in [0.2, 0.25) is 0 Å². The molecule has 0 aliphatic rings. The van der Waals surface area contributed by atoms with E-state index in [1.165, 1.54) is 130 Å². The smallest absolute Gasteiger partial charge is 0.143 e. The highest BCUT2D eigenvalue weighted by molar-refractivity contribution is 6.29. The van der Waals surface area contributed by atoms with Crippen LogP contribution in [0, 0.1) is 0 Å². The van der Waals surface area contributed by atoms with Crippen LogP contribution in [0.5, 0.6) is 0 Å².